The maximum Gasteiger partial charge on any atom is 3.00 e. The number of unbranched alkanes of at least 4 members (excludes halogenated alkanes) is 53. The molecule has 0 radical (unpaired) electrons. The van der Waals surface area contributed by atoms with E-state index in [1.165, 1.54) is 302 Å². The minimum atomic E-state index is -1.63. The average molecular weight is 1250 g/mol. The molecular weight excluding hydrogens is 1100 g/mol. The number of hydrogen-bond donors (Lipinski definition) is 2. The van der Waals surface area contributed by atoms with E-state index in [-0.39, 0.29) is 43.0 Å². The van der Waals surface area contributed by atoms with Gasteiger partial charge in [-0.2, -0.15) is 0 Å². The summed E-state index contributed by atoms with van der Waals surface area (Å²) in [5, 5.41) is 48.2. The van der Waals surface area contributed by atoms with Crippen molar-refractivity contribution < 1.29 is 54.2 Å². The number of rotatable bonds is 65. The monoisotopic (exact) mass is 1250 g/mol. The predicted octanol–water partition coefficient (Wildman–Crippen LogP) is 19.1. The number of ether oxygens (including phenoxy) is 1. The van der Waals surface area contributed by atoms with Gasteiger partial charge in [0, 0.05) is 24.3 Å². The maximum absolute atomic E-state index is 11.4. The summed E-state index contributed by atoms with van der Waals surface area (Å²) in [6.07, 6.45) is 78.0. The van der Waals surface area contributed by atoms with Crippen LogP contribution in [0.25, 0.3) is 0 Å². The molecule has 0 aromatic heterocycles. The van der Waals surface area contributed by atoms with Crippen molar-refractivity contribution in [3.63, 3.8) is 0 Å². The third-order valence-electron chi connectivity index (χ3n) is 16.3. The molecule has 0 saturated heterocycles. The molecule has 0 heterocycles. The second-order valence-electron chi connectivity index (χ2n) is 25.0. The molecule has 1 atom stereocenters. The Kier molecular flexibility index (Phi) is 92.2. The van der Waals surface area contributed by atoms with Crippen LogP contribution >= 0.6 is 0 Å². The van der Waals surface area contributed by atoms with Gasteiger partial charge in [0.05, 0.1) is 6.61 Å². The summed E-state index contributed by atoms with van der Waals surface area (Å²) in [4.78, 5) is 53.1. The topological polar surface area (TPSA) is 204 Å². The summed E-state index contributed by atoms with van der Waals surface area (Å²) in [5.74, 6) is -4.43. The summed E-state index contributed by atoms with van der Waals surface area (Å²) in [5.41, 5.74) is 0. The number of aliphatic carboxylic acids is 3. The molecule has 0 aliphatic rings. The Morgan fingerprint density at radius 2 is 0.471 bits per heavy atom. The number of carbonyl (C=O) groups is 5. The van der Waals surface area contributed by atoms with Crippen molar-refractivity contribution in [3.8, 4) is 0 Å². The van der Waals surface area contributed by atoms with Crippen molar-refractivity contribution in [2.45, 2.75) is 432 Å². The molecule has 87 heavy (non-hydrogen) atoms. The van der Waals surface area contributed by atoms with Gasteiger partial charge in [-0.05, 0) is 70.6 Å². The minimum Gasteiger partial charge on any atom is -0.550 e. The third-order valence-corrected chi connectivity index (χ3v) is 16.3. The Balaban J connectivity index is -0.000000345. The van der Waals surface area contributed by atoms with Crippen LogP contribution in [0.1, 0.15) is 426 Å². The maximum atomic E-state index is 11.4. The summed E-state index contributed by atoms with van der Waals surface area (Å²) in [6, 6.07) is 0. The van der Waals surface area contributed by atoms with E-state index in [1.807, 2.05) is 0 Å². The van der Waals surface area contributed by atoms with Crippen molar-refractivity contribution in [3.05, 3.63) is 12.2 Å². The summed E-state index contributed by atoms with van der Waals surface area (Å²) in [6.45, 7) is 8.31. The molecule has 0 aliphatic heterocycles. The van der Waals surface area contributed by atoms with Crippen molar-refractivity contribution in [2.24, 2.45) is 0 Å². The molecule has 0 aromatic rings. The first kappa shape index (κ1) is 93.5. The standard InChI is InChI=1S/C21H38O5.3C18H36O2.Al/c1-2-3-4-5-6-7-8-9-10-11-12-13-14-15-16-17-20(24)26-21(25)19(23)18-22;3*1-2-3-4-5-6-7-8-9-10-11-12-13-14-15-16-17-18(19)20;/h9-10,19,22-23H,2-8,11-18H2,1H3;3*2-17H2,1H3,(H,19,20);/q;;;;+3/p-3/b10-9-;;;;. The van der Waals surface area contributed by atoms with Crippen LogP contribution in [0, 0.1) is 0 Å². The van der Waals surface area contributed by atoms with Gasteiger partial charge in [0.2, 0.25) is 0 Å². The fourth-order valence-electron chi connectivity index (χ4n) is 10.6. The molecule has 0 saturated carbocycles. The van der Waals surface area contributed by atoms with Gasteiger partial charge in [-0.15, -0.1) is 0 Å². The van der Waals surface area contributed by atoms with Crippen LogP contribution in [0.2, 0.25) is 0 Å². The summed E-state index contributed by atoms with van der Waals surface area (Å²) in [7, 11) is 0. The molecule has 2 N–H and O–H groups in total. The second-order valence-corrected chi connectivity index (χ2v) is 25.0. The fraction of sp³-hybridized carbons (Fsp3) is 0.907. The normalized spacial score (nSPS) is 11.2. The third kappa shape index (κ3) is 97.5. The van der Waals surface area contributed by atoms with E-state index in [4.69, 9.17) is 10.2 Å². The van der Waals surface area contributed by atoms with Gasteiger partial charge < -0.3 is 44.7 Å². The van der Waals surface area contributed by atoms with Crippen LogP contribution < -0.4 is 15.3 Å². The van der Waals surface area contributed by atoms with Gasteiger partial charge in [0.25, 0.3) is 0 Å². The van der Waals surface area contributed by atoms with Crippen molar-refractivity contribution in [1.82, 2.24) is 0 Å². The molecule has 0 spiro atoms. The molecule has 0 rings (SSSR count). The van der Waals surface area contributed by atoms with Crippen molar-refractivity contribution >= 4 is 47.2 Å². The van der Waals surface area contributed by atoms with Crippen LogP contribution in [0.3, 0.4) is 0 Å². The summed E-state index contributed by atoms with van der Waals surface area (Å²) >= 11 is 0. The Morgan fingerprint density at radius 3 is 0.655 bits per heavy atom. The molecule has 0 bridgehead atoms. The van der Waals surface area contributed by atoms with Crippen LogP contribution in [-0.4, -0.2) is 70.1 Å². The number of aliphatic hydroxyl groups is 2. The Labute approximate surface area is 549 Å². The zero-order valence-electron chi connectivity index (χ0n) is 57.9. The largest absolute Gasteiger partial charge is 3.00 e. The van der Waals surface area contributed by atoms with E-state index in [0.29, 0.717) is 6.42 Å². The first-order chi connectivity index (χ1) is 41.9. The molecule has 512 valence electrons. The fourth-order valence-corrected chi connectivity index (χ4v) is 10.6. The smallest absolute Gasteiger partial charge is 0.550 e. The number of carboxylic acid groups (broad SMARTS) is 3. The SMILES string of the molecule is CCCCCCCC/C=C\CCCCCCCC(=O)OC(=O)C(O)CO.CCCCCCCCCCCCCCCCCC(=O)[O-].CCCCCCCCCCCCCCCCCC(=O)[O-].CCCCCCCCCCCCCCCCCC(=O)[O-].[Al+3]. The Hall–Kier alpha value is -2.26. The quantitative estimate of drug-likeness (QED) is 0.0193. The zero-order valence-corrected chi connectivity index (χ0v) is 59.1. The van der Waals surface area contributed by atoms with Gasteiger partial charge in [0.1, 0.15) is 0 Å². The number of aliphatic hydroxyl groups excluding tert-OH is 2. The van der Waals surface area contributed by atoms with E-state index < -0.39 is 42.6 Å². The Bertz CT molecular complexity index is 1290. The van der Waals surface area contributed by atoms with Crippen LogP contribution in [0.5, 0.6) is 0 Å². The molecule has 0 amide bonds. The molecule has 0 aliphatic carbocycles. The average Bonchev–Trinajstić information content (AvgIpc) is 3.51. The van der Waals surface area contributed by atoms with Gasteiger partial charge >= 0.3 is 29.3 Å². The van der Waals surface area contributed by atoms with Crippen LogP contribution in [0.4, 0.5) is 0 Å². The number of esters is 2. The molecule has 1 unspecified atom stereocenters. The number of carbonyl (C=O) groups excluding carboxylic acids is 5. The van der Waals surface area contributed by atoms with Gasteiger partial charge in [0.15, 0.2) is 6.10 Å². The van der Waals surface area contributed by atoms with Gasteiger partial charge in [-0.3, -0.25) is 4.79 Å². The zero-order chi connectivity index (χ0) is 64.1. The van der Waals surface area contributed by atoms with E-state index in [9.17, 15) is 39.3 Å². The first-order valence-corrected chi connectivity index (χ1v) is 37.2. The van der Waals surface area contributed by atoms with E-state index >= 15 is 0 Å². The first-order valence-electron chi connectivity index (χ1n) is 37.2. The minimum absolute atomic E-state index is 0. The van der Waals surface area contributed by atoms with Crippen molar-refractivity contribution in [2.75, 3.05) is 6.61 Å². The van der Waals surface area contributed by atoms with Gasteiger partial charge in [-0.25, -0.2) is 4.79 Å². The molecule has 0 fully saturated rings. The molecule has 11 nitrogen and oxygen atoms in total. The van der Waals surface area contributed by atoms with Gasteiger partial charge in [-0.1, -0.05) is 361 Å². The van der Waals surface area contributed by atoms with Crippen LogP contribution in [0.15, 0.2) is 12.2 Å². The van der Waals surface area contributed by atoms with Crippen LogP contribution in [-0.2, 0) is 28.7 Å². The number of carboxylic acids is 3. The van der Waals surface area contributed by atoms with Crippen molar-refractivity contribution in [1.29, 1.82) is 0 Å². The summed E-state index contributed by atoms with van der Waals surface area (Å²) < 4.78 is 4.43. The number of allylic oxidation sites excluding steroid dienone is 2. The molecule has 12 heteroatoms. The van der Waals surface area contributed by atoms with E-state index in [2.05, 4.69) is 44.6 Å². The number of hydrogen-bond acceptors (Lipinski definition) is 11. The molecular formula is C75H143AlO11. The second kappa shape index (κ2) is 85.8. The Morgan fingerprint density at radius 1 is 0.299 bits per heavy atom. The van der Waals surface area contributed by atoms with E-state index in [0.717, 1.165) is 64.2 Å². The molecule has 0 aromatic carbocycles. The van der Waals surface area contributed by atoms with E-state index in [1.54, 1.807) is 0 Å². The predicted molar refractivity (Wildman–Crippen MR) is 363 cm³/mol.